The molecule has 3 aromatic rings. The Morgan fingerprint density at radius 3 is 2.48 bits per heavy atom. The molecular formula is C24H27NO4. The van der Waals surface area contributed by atoms with Crippen LogP contribution < -0.4 is 19.5 Å². The van der Waals surface area contributed by atoms with Gasteiger partial charge in [-0.25, -0.2) is 0 Å². The Labute approximate surface area is 171 Å². The van der Waals surface area contributed by atoms with Crippen LogP contribution in [0.25, 0.3) is 10.8 Å². The highest BCUT2D eigenvalue weighted by Crippen LogP contribution is 2.28. The van der Waals surface area contributed by atoms with Crippen LogP contribution in [-0.4, -0.2) is 32.8 Å². The van der Waals surface area contributed by atoms with Crippen LogP contribution in [0, 0.1) is 0 Å². The Kier molecular flexibility index (Phi) is 6.95. The molecule has 1 atom stereocenters. The Morgan fingerprint density at radius 2 is 1.69 bits per heavy atom. The van der Waals surface area contributed by atoms with Crippen LogP contribution in [0.4, 0.5) is 0 Å². The van der Waals surface area contributed by atoms with Crippen LogP contribution in [0.15, 0.2) is 60.7 Å². The number of nitrogens with one attached hydrogen (secondary N) is 1. The van der Waals surface area contributed by atoms with Gasteiger partial charge in [0.25, 0.3) is 5.91 Å². The number of benzene rings is 3. The third-order valence-corrected chi connectivity index (χ3v) is 4.81. The van der Waals surface area contributed by atoms with Crippen molar-refractivity contribution >= 4 is 16.7 Å². The number of ether oxygens (including phenoxy) is 3. The monoisotopic (exact) mass is 393 g/mol. The summed E-state index contributed by atoms with van der Waals surface area (Å²) in [5, 5.41) is 5.05. The summed E-state index contributed by atoms with van der Waals surface area (Å²) in [4.78, 5) is 12.4. The van der Waals surface area contributed by atoms with E-state index >= 15 is 0 Å². The van der Waals surface area contributed by atoms with Crippen LogP contribution >= 0.6 is 0 Å². The molecule has 3 rings (SSSR count). The molecule has 0 heterocycles. The van der Waals surface area contributed by atoms with Crippen molar-refractivity contribution in [3.05, 3.63) is 66.2 Å². The van der Waals surface area contributed by atoms with Gasteiger partial charge in [-0.3, -0.25) is 4.79 Å². The van der Waals surface area contributed by atoms with E-state index in [1.165, 1.54) is 0 Å². The minimum absolute atomic E-state index is 0.120. The van der Waals surface area contributed by atoms with E-state index in [-0.39, 0.29) is 5.91 Å². The van der Waals surface area contributed by atoms with Crippen LogP contribution in [0.5, 0.6) is 17.2 Å². The summed E-state index contributed by atoms with van der Waals surface area (Å²) in [6.45, 7) is 2.35. The smallest absolute Gasteiger partial charge is 0.260 e. The molecular weight excluding hydrogens is 366 g/mol. The zero-order valence-corrected chi connectivity index (χ0v) is 17.1. The van der Waals surface area contributed by atoms with E-state index in [1.54, 1.807) is 21.1 Å². The summed E-state index contributed by atoms with van der Waals surface area (Å²) in [5.74, 6) is 2.02. The van der Waals surface area contributed by atoms with Crippen molar-refractivity contribution in [2.45, 2.75) is 25.9 Å². The molecule has 1 N–H and O–H groups in total. The maximum Gasteiger partial charge on any atom is 0.260 e. The van der Waals surface area contributed by atoms with E-state index in [1.807, 2.05) is 60.7 Å². The minimum Gasteiger partial charge on any atom is -0.493 e. The van der Waals surface area contributed by atoms with Gasteiger partial charge in [0.2, 0.25) is 0 Å². The number of methoxy groups -OCH3 is 2. The van der Waals surface area contributed by atoms with E-state index in [0.29, 0.717) is 18.0 Å². The van der Waals surface area contributed by atoms with Gasteiger partial charge in [-0.2, -0.15) is 0 Å². The highest BCUT2D eigenvalue weighted by molar-refractivity contribution is 5.89. The number of hydrogen-bond donors (Lipinski definition) is 1. The molecule has 0 fully saturated rings. The maximum atomic E-state index is 12.4. The van der Waals surface area contributed by atoms with Gasteiger partial charge in [-0.15, -0.1) is 0 Å². The molecule has 0 aliphatic carbocycles. The summed E-state index contributed by atoms with van der Waals surface area (Å²) in [6, 6.07) is 19.7. The number of rotatable bonds is 9. The van der Waals surface area contributed by atoms with Crippen molar-refractivity contribution in [2.75, 3.05) is 20.8 Å². The van der Waals surface area contributed by atoms with Crippen LogP contribution in [0.1, 0.15) is 18.9 Å². The zero-order valence-electron chi connectivity index (χ0n) is 17.1. The molecule has 0 aliphatic heterocycles. The predicted octanol–water partition coefficient (Wildman–Crippen LogP) is 4.37. The average Bonchev–Trinajstić information content (AvgIpc) is 2.76. The molecule has 0 bridgehead atoms. The molecule has 5 heteroatoms. The predicted molar refractivity (Wildman–Crippen MR) is 115 cm³/mol. The Morgan fingerprint density at radius 1 is 0.931 bits per heavy atom. The molecule has 5 nitrogen and oxygen atoms in total. The SMILES string of the molecule is COc1ccc(CCCNC(=O)[C@@H](C)Oc2cccc3ccccc23)cc1OC. The summed E-state index contributed by atoms with van der Waals surface area (Å²) >= 11 is 0. The van der Waals surface area contributed by atoms with Crippen molar-refractivity contribution < 1.29 is 19.0 Å². The maximum absolute atomic E-state index is 12.4. The molecule has 0 aromatic heterocycles. The lowest BCUT2D eigenvalue weighted by atomic mass is 10.1. The lowest BCUT2D eigenvalue weighted by Gasteiger charge is -2.16. The molecule has 3 aromatic carbocycles. The molecule has 0 spiro atoms. The van der Waals surface area contributed by atoms with Crippen molar-refractivity contribution in [3.63, 3.8) is 0 Å². The first-order chi connectivity index (χ1) is 14.1. The van der Waals surface area contributed by atoms with E-state index in [0.717, 1.165) is 34.9 Å². The van der Waals surface area contributed by atoms with Crippen molar-refractivity contribution in [2.24, 2.45) is 0 Å². The number of aryl methyl sites for hydroxylation is 1. The third-order valence-electron chi connectivity index (χ3n) is 4.81. The third kappa shape index (κ3) is 5.19. The van der Waals surface area contributed by atoms with Gasteiger partial charge in [-0.1, -0.05) is 42.5 Å². The molecule has 0 unspecified atom stereocenters. The number of carbonyl (C=O) groups is 1. The number of fused-ring (bicyclic) bond motifs is 1. The van der Waals surface area contributed by atoms with Crippen LogP contribution in [-0.2, 0) is 11.2 Å². The Balaban J connectivity index is 1.49. The van der Waals surface area contributed by atoms with E-state index in [9.17, 15) is 4.79 Å². The topological polar surface area (TPSA) is 56.8 Å². The second kappa shape index (κ2) is 9.82. The summed E-state index contributed by atoms with van der Waals surface area (Å²) in [6.07, 6.45) is 1.09. The van der Waals surface area contributed by atoms with Crippen molar-refractivity contribution in [3.8, 4) is 17.2 Å². The van der Waals surface area contributed by atoms with Crippen molar-refractivity contribution in [1.82, 2.24) is 5.32 Å². The van der Waals surface area contributed by atoms with E-state index in [2.05, 4.69) is 5.32 Å². The fourth-order valence-electron chi connectivity index (χ4n) is 3.23. The second-order valence-corrected chi connectivity index (χ2v) is 6.82. The standard InChI is InChI=1S/C24H27NO4/c1-17(29-21-12-6-10-19-9-4-5-11-20(19)21)24(26)25-15-7-8-18-13-14-22(27-2)23(16-18)28-3/h4-6,9-14,16-17H,7-8,15H2,1-3H3,(H,25,26)/t17-/m1/s1. The van der Waals surface area contributed by atoms with E-state index in [4.69, 9.17) is 14.2 Å². The zero-order chi connectivity index (χ0) is 20.6. The van der Waals surface area contributed by atoms with Gasteiger partial charge < -0.3 is 19.5 Å². The Bertz CT molecular complexity index is 965. The fourth-order valence-corrected chi connectivity index (χ4v) is 3.23. The van der Waals surface area contributed by atoms with Gasteiger partial charge >= 0.3 is 0 Å². The molecule has 0 aliphatic rings. The Hall–Kier alpha value is -3.21. The fraction of sp³-hybridized carbons (Fsp3) is 0.292. The van der Waals surface area contributed by atoms with Gasteiger partial charge in [0.1, 0.15) is 5.75 Å². The molecule has 152 valence electrons. The summed E-state index contributed by atoms with van der Waals surface area (Å²) in [5.41, 5.74) is 1.14. The lowest BCUT2D eigenvalue weighted by Crippen LogP contribution is -2.37. The first-order valence-corrected chi connectivity index (χ1v) is 9.75. The normalized spacial score (nSPS) is 11.7. The first kappa shape index (κ1) is 20.5. The van der Waals surface area contributed by atoms with Crippen LogP contribution in [0.2, 0.25) is 0 Å². The minimum atomic E-state index is -0.568. The number of hydrogen-bond acceptors (Lipinski definition) is 4. The summed E-state index contributed by atoms with van der Waals surface area (Å²) < 4.78 is 16.5. The average molecular weight is 393 g/mol. The summed E-state index contributed by atoms with van der Waals surface area (Å²) in [7, 11) is 3.24. The van der Waals surface area contributed by atoms with Gasteiger partial charge in [-0.05, 0) is 48.9 Å². The van der Waals surface area contributed by atoms with Gasteiger partial charge in [0.15, 0.2) is 17.6 Å². The molecule has 0 saturated carbocycles. The van der Waals surface area contributed by atoms with E-state index < -0.39 is 6.10 Å². The van der Waals surface area contributed by atoms with Crippen molar-refractivity contribution in [1.29, 1.82) is 0 Å². The molecule has 1 amide bonds. The number of amides is 1. The molecule has 29 heavy (non-hydrogen) atoms. The molecule has 0 radical (unpaired) electrons. The van der Waals surface area contributed by atoms with Crippen LogP contribution in [0.3, 0.4) is 0 Å². The quantitative estimate of drug-likeness (QED) is 0.549. The number of carbonyl (C=O) groups excluding carboxylic acids is 1. The molecule has 0 saturated heterocycles. The largest absolute Gasteiger partial charge is 0.493 e. The van der Waals surface area contributed by atoms with Gasteiger partial charge in [0.05, 0.1) is 14.2 Å². The lowest BCUT2D eigenvalue weighted by molar-refractivity contribution is -0.127. The van der Waals surface area contributed by atoms with Gasteiger partial charge in [0, 0.05) is 11.9 Å². The first-order valence-electron chi connectivity index (χ1n) is 9.75. The highest BCUT2D eigenvalue weighted by Gasteiger charge is 2.15. The second-order valence-electron chi connectivity index (χ2n) is 6.82. The highest BCUT2D eigenvalue weighted by atomic mass is 16.5.